The number of amides is 2. The quantitative estimate of drug-likeness (QED) is 0.611. The Hall–Kier alpha value is -2.67. The van der Waals surface area contributed by atoms with Gasteiger partial charge in [0.15, 0.2) is 11.9 Å². The third kappa shape index (κ3) is 4.74. The number of benzene rings is 1. The van der Waals surface area contributed by atoms with Crippen molar-refractivity contribution in [2.75, 3.05) is 0 Å². The molecule has 2 aromatic rings. The van der Waals surface area contributed by atoms with Crippen molar-refractivity contribution < 1.29 is 19.1 Å². The SMILES string of the molecule is CC(=O)c1ccc(OC(C)C(=O)NNC(=O)c2cc3c(s2)CCCC3)cc1. The maximum absolute atomic E-state index is 12.3. The van der Waals surface area contributed by atoms with E-state index in [1.54, 1.807) is 31.2 Å². The molecular weight excluding hydrogens is 364 g/mol. The highest BCUT2D eigenvalue weighted by Crippen LogP contribution is 2.29. The van der Waals surface area contributed by atoms with Crippen LogP contribution in [0.5, 0.6) is 5.75 Å². The second-order valence-corrected chi connectivity index (χ2v) is 7.69. The number of carbonyl (C=O) groups excluding carboxylic acids is 3. The first-order valence-corrected chi connectivity index (χ1v) is 9.75. The molecule has 0 radical (unpaired) electrons. The van der Waals surface area contributed by atoms with E-state index in [4.69, 9.17) is 4.74 Å². The number of thiophene rings is 1. The summed E-state index contributed by atoms with van der Waals surface area (Å²) in [5.74, 6) is -0.341. The van der Waals surface area contributed by atoms with Gasteiger partial charge in [-0.1, -0.05) is 0 Å². The van der Waals surface area contributed by atoms with Crippen LogP contribution in [0.25, 0.3) is 0 Å². The molecule has 1 unspecified atom stereocenters. The molecule has 0 saturated heterocycles. The van der Waals surface area contributed by atoms with E-state index in [1.807, 2.05) is 6.07 Å². The Balaban J connectivity index is 1.51. The number of nitrogens with one attached hydrogen (secondary N) is 2. The summed E-state index contributed by atoms with van der Waals surface area (Å²) in [6.45, 7) is 3.07. The van der Waals surface area contributed by atoms with Gasteiger partial charge in [0.05, 0.1) is 4.88 Å². The van der Waals surface area contributed by atoms with Gasteiger partial charge in [-0.3, -0.25) is 25.2 Å². The summed E-state index contributed by atoms with van der Waals surface area (Å²) in [6, 6.07) is 8.47. The Morgan fingerprint density at radius 3 is 2.44 bits per heavy atom. The van der Waals surface area contributed by atoms with Gasteiger partial charge in [-0.15, -0.1) is 11.3 Å². The van der Waals surface area contributed by atoms with Gasteiger partial charge in [0.2, 0.25) is 0 Å². The molecule has 1 atom stereocenters. The summed E-state index contributed by atoms with van der Waals surface area (Å²) < 4.78 is 5.54. The summed E-state index contributed by atoms with van der Waals surface area (Å²) in [5.41, 5.74) is 6.66. The number of aryl methyl sites for hydroxylation is 2. The summed E-state index contributed by atoms with van der Waals surface area (Å²) in [5, 5.41) is 0. The highest BCUT2D eigenvalue weighted by atomic mass is 32.1. The van der Waals surface area contributed by atoms with Crippen LogP contribution in [0.4, 0.5) is 0 Å². The number of rotatable bonds is 5. The van der Waals surface area contributed by atoms with Crippen LogP contribution in [-0.4, -0.2) is 23.7 Å². The molecule has 3 rings (SSSR count). The Morgan fingerprint density at radius 1 is 1.07 bits per heavy atom. The maximum atomic E-state index is 12.3. The number of carbonyl (C=O) groups is 3. The van der Waals surface area contributed by atoms with E-state index in [0.29, 0.717) is 16.2 Å². The van der Waals surface area contributed by atoms with Crippen LogP contribution in [-0.2, 0) is 17.6 Å². The van der Waals surface area contributed by atoms with Crippen LogP contribution in [0.2, 0.25) is 0 Å². The van der Waals surface area contributed by atoms with Crippen LogP contribution in [0.1, 0.15) is 57.2 Å². The van der Waals surface area contributed by atoms with E-state index in [9.17, 15) is 14.4 Å². The van der Waals surface area contributed by atoms with Crippen LogP contribution >= 0.6 is 11.3 Å². The molecule has 1 aliphatic rings. The monoisotopic (exact) mass is 386 g/mol. The van der Waals surface area contributed by atoms with E-state index in [2.05, 4.69) is 10.9 Å². The first kappa shape index (κ1) is 19.1. The van der Waals surface area contributed by atoms with Crippen molar-refractivity contribution in [3.8, 4) is 5.75 Å². The molecule has 2 N–H and O–H groups in total. The molecule has 0 bridgehead atoms. The molecule has 27 heavy (non-hydrogen) atoms. The lowest BCUT2D eigenvalue weighted by Crippen LogP contribution is -2.47. The van der Waals surface area contributed by atoms with Gasteiger partial charge in [0, 0.05) is 10.4 Å². The van der Waals surface area contributed by atoms with Crippen molar-refractivity contribution in [2.45, 2.75) is 45.6 Å². The van der Waals surface area contributed by atoms with E-state index < -0.39 is 12.0 Å². The average molecular weight is 386 g/mol. The third-order valence-electron chi connectivity index (χ3n) is 4.46. The molecule has 6 nitrogen and oxygen atoms in total. The topological polar surface area (TPSA) is 84.5 Å². The van der Waals surface area contributed by atoms with E-state index in [1.165, 1.54) is 28.7 Å². The van der Waals surface area contributed by atoms with E-state index >= 15 is 0 Å². The van der Waals surface area contributed by atoms with Crippen molar-refractivity contribution >= 4 is 28.9 Å². The van der Waals surface area contributed by atoms with Crippen LogP contribution in [0.15, 0.2) is 30.3 Å². The van der Waals surface area contributed by atoms with Crippen molar-refractivity contribution in [3.63, 3.8) is 0 Å². The van der Waals surface area contributed by atoms with E-state index in [-0.39, 0.29) is 11.7 Å². The molecular formula is C20H22N2O4S. The zero-order chi connectivity index (χ0) is 19.4. The molecule has 0 aliphatic heterocycles. The number of hydrogen-bond donors (Lipinski definition) is 2. The van der Waals surface area contributed by atoms with E-state index in [0.717, 1.165) is 25.7 Å². The van der Waals surface area contributed by atoms with Gasteiger partial charge in [-0.25, -0.2) is 0 Å². The molecule has 0 fully saturated rings. The fourth-order valence-corrected chi connectivity index (χ4v) is 4.06. The predicted octanol–water partition coefficient (Wildman–Crippen LogP) is 3.06. The standard InChI is InChI=1S/C20H22N2O4S/c1-12(23)14-7-9-16(10-8-14)26-13(2)19(24)21-22-20(25)18-11-15-5-3-4-6-17(15)27-18/h7-11,13H,3-6H2,1-2H3,(H,21,24)(H,22,25). The smallest absolute Gasteiger partial charge is 0.279 e. The average Bonchev–Trinajstić information content (AvgIpc) is 3.10. The first-order valence-electron chi connectivity index (χ1n) is 8.93. The molecule has 0 spiro atoms. The fourth-order valence-electron chi connectivity index (χ4n) is 2.91. The molecule has 142 valence electrons. The second kappa shape index (κ2) is 8.35. The second-order valence-electron chi connectivity index (χ2n) is 6.55. The molecule has 7 heteroatoms. The van der Waals surface area contributed by atoms with Gasteiger partial charge >= 0.3 is 0 Å². The van der Waals surface area contributed by atoms with Crippen LogP contribution in [0.3, 0.4) is 0 Å². The van der Waals surface area contributed by atoms with Gasteiger partial charge in [0.1, 0.15) is 5.75 Å². The molecule has 1 aromatic heterocycles. The first-order chi connectivity index (χ1) is 12.9. The van der Waals surface area contributed by atoms with Gasteiger partial charge in [0.25, 0.3) is 11.8 Å². The summed E-state index contributed by atoms with van der Waals surface area (Å²) in [6.07, 6.45) is 3.55. The number of ketones is 1. The van der Waals surface area contributed by atoms with Crippen LogP contribution in [0, 0.1) is 0 Å². The van der Waals surface area contributed by atoms with Crippen molar-refractivity contribution in [2.24, 2.45) is 0 Å². The zero-order valence-electron chi connectivity index (χ0n) is 15.3. The van der Waals surface area contributed by atoms with Gasteiger partial charge < -0.3 is 4.74 Å². The minimum Gasteiger partial charge on any atom is -0.481 e. The van der Waals surface area contributed by atoms with Crippen molar-refractivity contribution in [1.29, 1.82) is 0 Å². The van der Waals surface area contributed by atoms with Gasteiger partial charge in [-0.05, 0) is 75.4 Å². The Morgan fingerprint density at radius 2 is 1.78 bits per heavy atom. The lowest BCUT2D eigenvalue weighted by atomic mass is 9.99. The molecule has 1 aliphatic carbocycles. The summed E-state index contributed by atoms with van der Waals surface area (Å²) in [7, 11) is 0. The molecule has 1 aromatic carbocycles. The molecule has 0 saturated carbocycles. The van der Waals surface area contributed by atoms with Crippen molar-refractivity contribution in [1.82, 2.24) is 10.9 Å². The highest BCUT2D eigenvalue weighted by molar-refractivity contribution is 7.14. The molecule has 2 amide bonds. The number of Topliss-reactive ketones (excluding diaryl/α,β-unsaturated/α-hetero) is 1. The van der Waals surface area contributed by atoms with Crippen molar-refractivity contribution in [3.05, 3.63) is 51.2 Å². The van der Waals surface area contributed by atoms with Crippen LogP contribution < -0.4 is 15.6 Å². The number of ether oxygens (including phenoxy) is 1. The Kier molecular flexibility index (Phi) is 5.91. The summed E-state index contributed by atoms with van der Waals surface area (Å²) in [4.78, 5) is 37.6. The predicted molar refractivity (Wildman–Crippen MR) is 103 cm³/mol. The third-order valence-corrected chi connectivity index (χ3v) is 5.70. The van der Waals surface area contributed by atoms with Gasteiger partial charge in [-0.2, -0.15) is 0 Å². The minimum atomic E-state index is -0.801. The highest BCUT2D eigenvalue weighted by Gasteiger charge is 2.19. The maximum Gasteiger partial charge on any atom is 0.279 e. The fraction of sp³-hybridized carbons (Fsp3) is 0.350. The largest absolute Gasteiger partial charge is 0.481 e. The summed E-state index contributed by atoms with van der Waals surface area (Å²) >= 11 is 1.49. The number of hydrazine groups is 1. The minimum absolute atomic E-state index is 0.0367. The Labute approximate surface area is 161 Å². The number of fused-ring (bicyclic) bond motifs is 1. The Bertz CT molecular complexity index is 834. The molecule has 1 heterocycles. The lowest BCUT2D eigenvalue weighted by Gasteiger charge is -2.15. The zero-order valence-corrected chi connectivity index (χ0v) is 16.2. The lowest BCUT2D eigenvalue weighted by molar-refractivity contribution is -0.128. The normalized spacial score (nSPS) is 14.0. The number of hydrogen-bond acceptors (Lipinski definition) is 5.